The van der Waals surface area contributed by atoms with E-state index in [4.69, 9.17) is 15.7 Å². The summed E-state index contributed by atoms with van der Waals surface area (Å²) in [7, 11) is 2.17. The van der Waals surface area contributed by atoms with Crippen molar-refractivity contribution in [3.63, 3.8) is 0 Å². The fourth-order valence-corrected chi connectivity index (χ4v) is 2.52. The van der Waals surface area contributed by atoms with E-state index in [1.54, 1.807) is 0 Å². The van der Waals surface area contributed by atoms with Crippen molar-refractivity contribution in [3.05, 3.63) is 0 Å². The molecule has 1 aliphatic rings. The van der Waals surface area contributed by atoms with Gasteiger partial charge in [-0.3, -0.25) is 0 Å². The molecule has 5 nitrogen and oxygen atoms in total. The van der Waals surface area contributed by atoms with Crippen molar-refractivity contribution >= 4 is 5.84 Å². The smallest absolute Gasteiger partial charge is 0.144 e. The number of hydrogen-bond donors (Lipinski definition) is 2. The Balaban J connectivity index is 2.21. The molecular weight excluding hydrogens is 242 g/mol. The first-order chi connectivity index (χ1) is 8.95. The normalized spacial score (nSPS) is 19.1. The Bertz CT molecular complexity index is 286. The van der Waals surface area contributed by atoms with Crippen LogP contribution in [0.1, 0.15) is 39.5 Å². The molecule has 3 N–H and O–H groups in total. The van der Waals surface area contributed by atoms with Crippen LogP contribution < -0.4 is 5.73 Å². The van der Waals surface area contributed by atoms with Gasteiger partial charge in [0.2, 0.25) is 0 Å². The lowest BCUT2D eigenvalue weighted by molar-refractivity contribution is 0.0554. The number of rotatable bonds is 7. The van der Waals surface area contributed by atoms with Gasteiger partial charge in [0.05, 0.1) is 0 Å². The third-order valence-corrected chi connectivity index (χ3v) is 4.05. The largest absolute Gasteiger partial charge is 0.409 e. The van der Waals surface area contributed by atoms with E-state index in [2.05, 4.69) is 17.1 Å². The van der Waals surface area contributed by atoms with Crippen LogP contribution in [0.5, 0.6) is 0 Å². The van der Waals surface area contributed by atoms with Crippen LogP contribution in [0.15, 0.2) is 5.16 Å². The second-order valence-electron chi connectivity index (χ2n) is 6.29. The highest BCUT2D eigenvalue weighted by atomic mass is 16.5. The molecule has 1 heterocycles. The molecule has 0 unspecified atom stereocenters. The van der Waals surface area contributed by atoms with Crippen molar-refractivity contribution in [2.45, 2.75) is 39.5 Å². The first-order valence-electron chi connectivity index (χ1n) is 7.20. The zero-order chi connectivity index (χ0) is 14.3. The Morgan fingerprint density at radius 1 is 1.42 bits per heavy atom. The van der Waals surface area contributed by atoms with Crippen LogP contribution in [0.2, 0.25) is 0 Å². The maximum atomic E-state index is 8.74. The van der Waals surface area contributed by atoms with Gasteiger partial charge in [0.1, 0.15) is 5.84 Å². The van der Waals surface area contributed by atoms with Crippen molar-refractivity contribution in [3.8, 4) is 0 Å². The van der Waals surface area contributed by atoms with Gasteiger partial charge < -0.3 is 20.6 Å². The van der Waals surface area contributed by atoms with Crippen molar-refractivity contribution in [1.29, 1.82) is 0 Å². The molecule has 0 atom stereocenters. The minimum atomic E-state index is -0.228. The third-order valence-electron chi connectivity index (χ3n) is 4.05. The lowest BCUT2D eigenvalue weighted by Crippen LogP contribution is -2.34. The van der Waals surface area contributed by atoms with E-state index < -0.39 is 0 Å². The number of ether oxygens (including phenoxy) is 1. The van der Waals surface area contributed by atoms with Gasteiger partial charge in [-0.25, -0.2) is 0 Å². The Morgan fingerprint density at radius 2 is 2.05 bits per heavy atom. The van der Waals surface area contributed by atoms with Gasteiger partial charge in [0.15, 0.2) is 0 Å². The second-order valence-corrected chi connectivity index (χ2v) is 6.29. The molecule has 5 heteroatoms. The molecule has 0 bridgehead atoms. The summed E-state index contributed by atoms with van der Waals surface area (Å²) < 4.78 is 5.38. The predicted molar refractivity (Wildman–Crippen MR) is 77.5 cm³/mol. The number of amidine groups is 1. The average Bonchev–Trinajstić information content (AvgIpc) is 2.38. The number of oxime groups is 1. The average molecular weight is 271 g/mol. The third kappa shape index (κ3) is 5.78. The van der Waals surface area contributed by atoms with Crippen LogP contribution in [-0.4, -0.2) is 49.3 Å². The molecule has 1 rings (SSSR count). The molecular formula is C14H29N3O2. The SMILES string of the molecule is CN(CCCC(C)(C)C(N)=NO)CC1CCOCC1. The summed E-state index contributed by atoms with van der Waals surface area (Å²) in [5.41, 5.74) is 5.46. The van der Waals surface area contributed by atoms with Gasteiger partial charge in [-0.15, -0.1) is 0 Å². The predicted octanol–water partition coefficient (Wildman–Crippen LogP) is 1.90. The summed E-state index contributed by atoms with van der Waals surface area (Å²) in [6.45, 7) is 8.05. The van der Waals surface area contributed by atoms with Crippen molar-refractivity contribution in [1.82, 2.24) is 4.90 Å². The molecule has 0 aromatic carbocycles. The summed E-state index contributed by atoms with van der Waals surface area (Å²) in [4.78, 5) is 2.39. The highest BCUT2D eigenvalue weighted by molar-refractivity contribution is 5.85. The Kier molecular flexibility index (Phi) is 6.58. The van der Waals surface area contributed by atoms with Gasteiger partial charge in [-0.2, -0.15) is 0 Å². The minimum absolute atomic E-state index is 0.228. The molecule has 0 radical (unpaired) electrons. The molecule has 19 heavy (non-hydrogen) atoms. The summed E-state index contributed by atoms with van der Waals surface area (Å²) >= 11 is 0. The van der Waals surface area contributed by atoms with Crippen molar-refractivity contribution in [2.75, 3.05) is 33.4 Å². The molecule has 0 aliphatic carbocycles. The molecule has 1 fully saturated rings. The standard InChI is InChI=1S/C14H29N3O2/c1-14(2,13(15)16-18)7-4-8-17(3)11-12-5-9-19-10-6-12/h12,18H,4-11H2,1-3H3,(H2,15,16). The van der Waals surface area contributed by atoms with Gasteiger partial charge in [-0.05, 0) is 45.2 Å². The minimum Gasteiger partial charge on any atom is -0.409 e. The highest BCUT2D eigenvalue weighted by Crippen LogP contribution is 2.23. The maximum absolute atomic E-state index is 8.74. The topological polar surface area (TPSA) is 71.1 Å². The van der Waals surface area contributed by atoms with E-state index in [-0.39, 0.29) is 5.41 Å². The van der Waals surface area contributed by atoms with Gasteiger partial charge in [0, 0.05) is 25.2 Å². The van der Waals surface area contributed by atoms with Crippen LogP contribution >= 0.6 is 0 Å². The van der Waals surface area contributed by atoms with Gasteiger partial charge in [0.25, 0.3) is 0 Å². The van der Waals surface area contributed by atoms with E-state index in [9.17, 15) is 0 Å². The van der Waals surface area contributed by atoms with Gasteiger partial charge >= 0.3 is 0 Å². The van der Waals surface area contributed by atoms with E-state index in [0.717, 1.165) is 45.1 Å². The molecule has 0 saturated carbocycles. The van der Waals surface area contributed by atoms with E-state index in [1.165, 1.54) is 12.8 Å². The van der Waals surface area contributed by atoms with Crippen LogP contribution in [-0.2, 0) is 4.74 Å². The zero-order valence-electron chi connectivity index (χ0n) is 12.6. The van der Waals surface area contributed by atoms with Crippen molar-refractivity contribution < 1.29 is 9.94 Å². The Hall–Kier alpha value is -0.810. The Labute approximate surface area is 116 Å². The molecule has 0 aromatic rings. The summed E-state index contributed by atoms with van der Waals surface area (Å²) in [5.74, 6) is 1.09. The number of nitrogens with zero attached hydrogens (tertiary/aromatic N) is 2. The highest BCUT2D eigenvalue weighted by Gasteiger charge is 2.23. The summed E-state index contributed by atoms with van der Waals surface area (Å²) in [6, 6.07) is 0. The zero-order valence-corrected chi connectivity index (χ0v) is 12.6. The van der Waals surface area contributed by atoms with Gasteiger partial charge in [-0.1, -0.05) is 19.0 Å². The monoisotopic (exact) mass is 271 g/mol. The van der Waals surface area contributed by atoms with Crippen LogP contribution in [0.4, 0.5) is 0 Å². The summed E-state index contributed by atoms with van der Waals surface area (Å²) in [6.07, 6.45) is 4.35. The molecule has 0 aromatic heterocycles. The molecule has 1 aliphatic heterocycles. The quantitative estimate of drug-likeness (QED) is 0.321. The van der Waals surface area contributed by atoms with Crippen LogP contribution in [0.25, 0.3) is 0 Å². The van der Waals surface area contributed by atoms with E-state index in [0.29, 0.717) is 5.84 Å². The van der Waals surface area contributed by atoms with E-state index in [1.807, 2.05) is 13.8 Å². The van der Waals surface area contributed by atoms with Crippen LogP contribution in [0, 0.1) is 11.3 Å². The maximum Gasteiger partial charge on any atom is 0.144 e. The first kappa shape index (κ1) is 16.2. The lowest BCUT2D eigenvalue weighted by atomic mass is 9.86. The fraction of sp³-hybridized carbons (Fsp3) is 0.929. The molecule has 0 amide bonds. The lowest BCUT2D eigenvalue weighted by Gasteiger charge is -2.28. The fourth-order valence-electron chi connectivity index (χ4n) is 2.52. The van der Waals surface area contributed by atoms with E-state index >= 15 is 0 Å². The van der Waals surface area contributed by atoms with Crippen molar-refractivity contribution in [2.24, 2.45) is 22.2 Å². The molecule has 1 saturated heterocycles. The molecule has 112 valence electrons. The van der Waals surface area contributed by atoms with Crippen LogP contribution in [0.3, 0.4) is 0 Å². The molecule has 0 spiro atoms. The Morgan fingerprint density at radius 3 is 2.63 bits per heavy atom. The second kappa shape index (κ2) is 7.70. The summed E-state index contributed by atoms with van der Waals surface area (Å²) in [5, 5.41) is 11.9. The first-order valence-corrected chi connectivity index (χ1v) is 7.20. The number of hydrogen-bond acceptors (Lipinski definition) is 4. The number of nitrogens with two attached hydrogens (primary N) is 1.